The van der Waals surface area contributed by atoms with E-state index in [1.807, 2.05) is 0 Å². The van der Waals surface area contributed by atoms with Gasteiger partial charge < -0.3 is 10.3 Å². The fourth-order valence-corrected chi connectivity index (χ4v) is 1.70. The molecule has 1 heterocycles. The van der Waals surface area contributed by atoms with Gasteiger partial charge in [0.1, 0.15) is 11.6 Å². The molecule has 1 unspecified atom stereocenters. The molecule has 0 aromatic carbocycles. The van der Waals surface area contributed by atoms with Crippen LogP contribution in [0.5, 0.6) is 0 Å². The standard InChI is InChI=1S/C11H22N4/c1-6-8(2)10-14-13-9(7-12)15(10)11(3,4)5/h8H,6-7,12H2,1-5H3. The van der Waals surface area contributed by atoms with E-state index in [4.69, 9.17) is 5.73 Å². The van der Waals surface area contributed by atoms with Crippen molar-refractivity contribution in [3.63, 3.8) is 0 Å². The number of hydrogen-bond donors (Lipinski definition) is 1. The van der Waals surface area contributed by atoms with Gasteiger partial charge in [0, 0.05) is 11.5 Å². The Morgan fingerprint density at radius 3 is 2.33 bits per heavy atom. The minimum Gasteiger partial charge on any atom is -0.324 e. The van der Waals surface area contributed by atoms with Gasteiger partial charge in [0.15, 0.2) is 0 Å². The van der Waals surface area contributed by atoms with Crippen LogP contribution in [-0.4, -0.2) is 14.8 Å². The van der Waals surface area contributed by atoms with Crippen LogP contribution in [0.25, 0.3) is 0 Å². The molecule has 4 nitrogen and oxygen atoms in total. The van der Waals surface area contributed by atoms with Crippen molar-refractivity contribution in [1.29, 1.82) is 0 Å². The Balaban J connectivity index is 3.23. The SMILES string of the molecule is CCC(C)c1nnc(CN)n1C(C)(C)C. The summed E-state index contributed by atoms with van der Waals surface area (Å²) in [5.74, 6) is 2.35. The van der Waals surface area contributed by atoms with Crippen LogP contribution in [0.4, 0.5) is 0 Å². The molecular weight excluding hydrogens is 188 g/mol. The summed E-state index contributed by atoms with van der Waals surface area (Å²) in [5, 5.41) is 8.42. The van der Waals surface area contributed by atoms with Gasteiger partial charge in [-0.05, 0) is 27.2 Å². The Morgan fingerprint density at radius 1 is 1.33 bits per heavy atom. The van der Waals surface area contributed by atoms with Gasteiger partial charge in [0.2, 0.25) is 0 Å². The predicted octanol–water partition coefficient (Wildman–Crippen LogP) is 2.01. The molecule has 15 heavy (non-hydrogen) atoms. The summed E-state index contributed by atoms with van der Waals surface area (Å²) in [6, 6.07) is 0. The van der Waals surface area contributed by atoms with Gasteiger partial charge in [-0.25, -0.2) is 0 Å². The van der Waals surface area contributed by atoms with E-state index < -0.39 is 0 Å². The molecule has 1 rings (SSSR count). The van der Waals surface area contributed by atoms with Crippen LogP contribution in [0.15, 0.2) is 0 Å². The summed E-state index contributed by atoms with van der Waals surface area (Å²) in [7, 11) is 0. The molecule has 0 bridgehead atoms. The highest BCUT2D eigenvalue weighted by Gasteiger charge is 2.24. The lowest BCUT2D eigenvalue weighted by molar-refractivity contribution is 0.360. The highest BCUT2D eigenvalue weighted by Crippen LogP contribution is 2.24. The number of rotatable bonds is 3. The van der Waals surface area contributed by atoms with E-state index in [9.17, 15) is 0 Å². The second-order valence-corrected chi connectivity index (χ2v) is 4.99. The molecule has 0 aliphatic heterocycles. The quantitative estimate of drug-likeness (QED) is 0.830. The Morgan fingerprint density at radius 2 is 1.93 bits per heavy atom. The van der Waals surface area contributed by atoms with Crippen molar-refractivity contribution in [3.05, 3.63) is 11.6 Å². The van der Waals surface area contributed by atoms with Crippen LogP contribution in [0.2, 0.25) is 0 Å². The van der Waals surface area contributed by atoms with Gasteiger partial charge in [0.05, 0.1) is 6.54 Å². The smallest absolute Gasteiger partial charge is 0.147 e. The summed E-state index contributed by atoms with van der Waals surface area (Å²) in [5.41, 5.74) is 5.68. The Kier molecular flexibility index (Phi) is 3.50. The molecule has 0 radical (unpaired) electrons. The van der Waals surface area contributed by atoms with Gasteiger partial charge in [-0.1, -0.05) is 13.8 Å². The highest BCUT2D eigenvalue weighted by atomic mass is 15.3. The van der Waals surface area contributed by atoms with Crippen LogP contribution < -0.4 is 5.73 Å². The first-order valence-electron chi connectivity index (χ1n) is 5.56. The zero-order valence-corrected chi connectivity index (χ0v) is 10.4. The normalized spacial score (nSPS) is 14.3. The van der Waals surface area contributed by atoms with Crippen LogP contribution in [0.1, 0.15) is 58.6 Å². The lowest BCUT2D eigenvalue weighted by Gasteiger charge is -2.26. The molecule has 0 spiro atoms. The summed E-state index contributed by atoms with van der Waals surface area (Å²) in [6.07, 6.45) is 1.07. The topological polar surface area (TPSA) is 56.7 Å². The lowest BCUT2D eigenvalue weighted by Crippen LogP contribution is -2.28. The highest BCUT2D eigenvalue weighted by molar-refractivity contribution is 5.05. The second kappa shape index (κ2) is 4.31. The lowest BCUT2D eigenvalue weighted by atomic mass is 10.0. The molecule has 2 N–H and O–H groups in total. The molecule has 0 saturated carbocycles. The van der Waals surface area contributed by atoms with Crippen molar-refractivity contribution in [1.82, 2.24) is 14.8 Å². The molecule has 0 saturated heterocycles. The molecule has 0 amide bonds. The minimum atomic E-state index is -0.00301. The van der Waals surface area contributed by atoms with E-state index in [0.717, 1.165) is 18.1 Å². The van der Waals surface area contributed by atoms with Gasteiger partial charge in [-0.15, -0.1) is 10.2 Å². The predicted molar refractivity (Wildman–Crippen MR) is 61.6 cm³/mol. The maximum absolute atomic E-state index is 5.68. The second-order valence-electron chi connectivity index (χ2n) is 4.99. The molecular formula is C11H22N4. The summed E-state index contributed by atoms with van der Waals surface area (Å²) in [6.45, 7) is 11.2. The average molecular weight is 210 g/mol. The summed E-state index contributed by atoms with van der Waals surface area (Å²) >= 11 is 0. The monoisotopic (exact) mass is 210 g/mol. The number of nitrogens with zero attached hydrogens (tertiary/aromatic N) is 3. The maximum Gasteiger partial charge on any atom is 0.147 e. The molecule has 1 aromatic heterocycles. The van der Waals surface area contributed by atoms with Gasteiger partial charge in [-0.3, -0.25) is 0 Å². The zero-order valence-electron chi connectivity index (χ0n) is 10.4. The molecule has 86 valence electrons. The molecule has 1 atom stereocenters. The van der Waals surface area contributed by atoms with Crippen molar-refractivity contribution >= 4 is 0 Å². The molecule has 0 aliphatic carbocycles. The van der Waals surface area contributed by atoms with E-state index in [1.165, 1.54) is 0 Å². The molecule has 0 aliphatic rings. The summed E-state index contributed by atoms with van der Waals surface area (Å²) < 4.78 is 2.17. The van der Waals surface area contributed by atoms with Crippen molar-refractivity contribution in [3.8, 4) is 0 Å². The third-order valence-electron chi connectivity index (χ3n) is 2.66. The first-order chi connectivity index (χ1) is 6.91. The molecule has 4 heteroatoms. The Hall–Kier alpha value is -0.900. The van der Waals surface area contributed by atoms with Crippen molar-refractivity contribution in [2.24, 2.45) is 5.73 Å². The van der Waals surface area contributed by atoms with Crippen LogP contribution in [0, 0.1) is 0 Å². The molecule has 1 aromatic rings. The van der Waals surface area contributed by atoms with Crippen molar-refractivity contribution in [2.75, 3.05) is 0 Å². The van der Waals surface area contributed by atoms with Gasteiger partial charge in [-0.2, -0.15) is 0 Å². The minimum absolute atomic E-state index is 0.00301. The average Bonchev–Trinajstić information content (AvgIpc) is 2.59. The van der Waals surface area contributed by atoms with Crippen LogP contribution >= 0.6 is 0 Å². The van der Waals surface area contributed by atoms with E-state index in [2.05, 4.69) is 49.4 Å². The van der Waals surface area contributed by atoms with Gasteiger partial charge in [0.25, 0.3) is 0 Å². The zero-order chi connectivity index (χ0) is 11.6. The van der Waals surface area contributed by atoms with Crippen molar-refractivity contribution in [2.45, 2.75) is 59.0 Å². The first kappa shape index (κ1) is 12.2. The Bertz CT molecular complexity index is 322. The maximum atomic E-state index is 5.68. The number of nitrogens with two attached hydrogens (primary N) is 1. The number of hydrogen-bond acceptors (Lipinski definition) is 3. The van der Waals surface area contributed by atoms with Crippen molar-refractivity contribution < 1.29 is 0 Å². The third kappa shape index (κ3) is 2.37. The Labute approximate surface area is 91.9 Å². The van der Waals surface area contributed by atoms with Crippen LogP contribution in [0.3, 0.4) is 0 Å². The fourth-order valence-electron chi connectivity index (χ4n) is 1.70. The fraction of sp³-hybridized carbons (Fsp3) is 0.818. The number of aromatic nitrogens is 3. The van der Waals surface area contributed by atoms with E-state index >= 15 is 0 Å². The van der Waals surface area contributed by atoms with E-state index in [1.54, 1.807) is 0 Å². The first-order valence-corrected chi connectivity index (χ1v) is 5.56. The largest absolute Gasteiger partial charge is 0.324 e. The van der Waals surface area contributed by atoms with E-state index in [-0.39, 0.29) is 5.54 Å². The van der Waals surface area contributed by atoms with E-state index in [0.29, 0.717) is 12.5 Å². The summed E-state index contributed by atoms with van der Waals surface area (Å²) in [4.78, 5) is 0. The van der Waals surface area contributed by atoms with Crippen LogP contribution in [-0.2, 0) is 12.1 Å². The molecule has 0 fully saturated rings. The van der Waals surface area contributed by atoms with Gasteiger partial charge >= 0.3 is 0 Å². The third-order valence-corrected chi connectivity index (χ3v) is 2.66.